The van der Waals surface area contributed by atoms with Gasteiger partial charge >= 0.3 is 5.97 Å². The lowest BCUT2D eigenvalue weighted by Gasteiger charge is -2.33. The van der Waals surface area contributed by atoms with Gasteiger partial charge in [0.1, 0.15) is 11.5 Å². The Balaban J connectivity index is 1.37. The molecule has 7 rings (SSSR count). The Morgan fingerprint density at radius 2 is 1.18 bits per heavy atom. The fourth-order valence-corrected chi connectivity index (χ4v) is 6.84. The number of ether oxygens (including phenoxy) is 2. The molecule has 6 nitrogen and oxygen atoms in total. The van der Waals surface area contributed by atoms with Crippen LogP contribution in [0.3, 0.4) is 0 Å². The number of nitrogens with zero attached hydrogens (tertiary/aromatic N) is 2. The maximum atomic E-state index is 13.2. The van der Waals surface area contributed by atoms with Crippen LogP contribution in [0.1, 0.15) is 62.7 Å². The highest BCUT2D eigenvalue weighted by Gasteiger charge is 2.33. The van der Waals surface area contributed by atoms with Gasteiger partial charge in [-0.05, 0) is 86.1 Å². The van der Waals surface area contributed by atoms with Gasteiger partial charge in [0.05, 0.1) is 12.7 Å². The summed E-state index contributed by atoms with van der Waals surface area (Å²) in [5, 5.41) is 0. The molecule has 0 fully saturated rings. The summed E-state index contributed by atoms with van der Waals surface area (Å²) >= 11 is 0. The summed E-state index contributed by atoms with van der Waals surface area (Å²) < 4.78 is 11.9. The molecule has 6 aromatic carbocycles. The zero-order valence-corrected chi connectivity index (χ0v) is 28.4. The van der Waals surface area contributed by atoms with Crippen LogP contribution < -0.4 is 14.5 Å². The predicted molar refractivity (Wildman–Crippen MR) is 200 cm³/mol. The molecule has 0 aromatic heterocycles. The zero-order valence-electron chi connectivity index (χ0n) is 28.4. The van der Waals surface area contributed by atoms with Crippen molar-refractivity contribution in [3.8, 4) is 11.5 Å². The molecule has 1 heterocycles. The lowest BCUT2D eigenvalue weighted by molar-refractivity contribution is 0.0599. The first-order chi connectivity index (χ1) is 24.5. The van der Waals surface area contributed by atoms with Crippen molar-refractivity contribution in [1.82, 2.24) is 0 Å². The normalized spacial score (nSPS) is 13.0. The molecule has 1 atom stereocenters. The maximum Gasteiger partial charge on any atom is 0.338 e. The molecule has 6 heteroatoms. The molecule has 1 unspecified atom stereocenters. The minimum atomic E-state index is -0.387. The molecule has 50 heavy (non-hydrogen) atoms. The van der Waals surface area contributed by atoms with Crippen LogP contribution in [0.4, 0.5) is 22.7 Å². The molecule has 0 N–H and O–H groups in total. The van der Waals surface area contributed by atoms with Crippen LogP contribution in [-0.4, -0.2) is 32.0 Å². The summed E-state index contributed by atoms with van der Waals surface area (Å²) in [6, 6.07) is 47.4. The second-order valence-electron chi connectivity index (χ2n) is 12.1. The fraction of sp³-hybridized carbons (Fsp3) is 0.136. The van der Waals surface area contributed by atoms with Gasteiger partial charge < -0.3 is 19.3 Å². The molecule has 1 aliphatic heterocycles. The molecule has 0 bridgehead atoms. The largest absolute Gasteiger partial charge is 0.465 e. The summed E-state index contributed by atoms with van der Waals surface area (Å²) in [4.78, 5) is 30.8. The van der Waals surface area contributed by atoms with Crippen LogP contribution in [0, 0.1) is 0 Å². The number of para-hydroxylation sites is 1. The summed E-state index contributed by atoms with van der Waals surface area (Å²) in [5.74, 6) is 0.766. The number of hydrogen-bond donors (Lipinski definition) is 0. The Morgan fingerprint density at radius 3 is 1.88 bits per heavy atom. The summed E-state index contributed by atoms with van der Waals surface area (Å²) in [6.45, 7) is 6.04. The molecule has 6 aromatic rings. The third-order valence-corrected chi connectivity index (χ3v) is 9.33. The molecule has 248 valence electrons. The van der Waals surface area contributed by atoms with Gasteiger partial charge in [-0.25, -0.2) is 4.79 Å². The van der Waals surface area contributed by atoms with Crippen LogP contribution in [-0.2, 0) is 4.74 Å². The van der Waals surface area contributed by atoms with Gasteiger partial charge in [-0.3, -0.25) is 4.79 Å². The molecule has 0 amide bonds. The van der Waals surface area contributed by atoms with Crippen LogP contribution in [0.15, 0.2) is 146 Å². The van der Waals surface area contributed by atoms with Crippen LogP contribution in [0.5, 0.6) is 11.5 Å². The zero-order chi connectivity index (χ0) is 34.6. The summed E-state index contributed by atoms with van der Waals surface area (Å²) in [5.41, 5.74) is 8.36. The second-order valence-corrected chi connectivity index (χ2v) is 12.1. The molecule has 0 spiro atoms. The highest BCUT2D eigenvalue weighted by molar-refractivity contribution is 6.09. The van der Waals surface area contributed by atoms with Gasteiger partial charge in [0.15, 0.2) is 5.78 Å². The van der Waals surface area contributed by atoms with E-state index in [1.165, 1.54) is 7.11 Å². The van der Waals surface area contributed by atoms with E-state index < -0.39 is 0 Å². The summed E-state index contributed by atoms with van der Waals surface area (Å²) in [6.07, 6.45) is 0. The number of fused-ring (bicyclic) bond motifs is 2. The van der Waals surface area contributed by atoms with Gasteiger partial charge in [-0.2, -0.15) is 0 Å². The topological polar surface area (TPSA) is 59.1 Å². The maximum absolute atomic E-state index is 13.2. The van der Waals surface area contributed by atoms with E-state index in [2.05, 4.69) is 66.1 Å². The number of esters is 1. The number of rotatable bonds is 10. The van der Waals surface area contributed by atoms with E-state index in [0.717, 1.165) is 64.0 Å². The molecule has 1 aliphatic rings. The van der Waals surface area contributed by atoms with Gasteiger partial charge in [0.25, 0.3) is 0 Å². The first-order valence-corrected chi connectivity index (χ1v) is 16.9. The van der Waals surface area contributed by atoms with Crippen molar-refractivity contribution >= 4 is 34.5 Å². The van der Waals surface area contributed by atoms with Gasteiger partial charge in [-0.15, -0.1) is 0 Å². The van der Waals surface area contributed by atoms with Crippen molar-refractivity contribution < 1.29 is 19.1 Å². The number of ketones is 1. The van der Waals surface area contributed by atoms with Gasteiger partial charge in [-0.1, -0.05) is 72.8 Å². The average Bonchev–Trinajstić information content (AvgIpc) is 3.18. The van der Waals surface area contributed by atoms with Gasteiger partial charge in [0, 0.05) is 70.1 Å². The van der Waals surface area contributed by atoms with E-state index in [-0.39, 0.29) is 17.7 Å². The van der Waals surface area contributed by atoms with Crippen molar-refractivity contribution in [2.24, 2.45) is 0 Å². The minimum Gasteiger partial charge on any atom is -0.465 e. The van der Waals surface area contributed by atoms with Crippen molar-refractivity contribution in [3.05, 3.63) is 179 Å². The average molecular weight is 659 g/mol. The second kappa shape index (κ2) is 14.1. The summed E-state index contributed by atoms with van der Waals surface area (Å²) in [7, 11) is 1.41. The highest BCUT2D eigenvalue weighted by Crippen LogP contribution is 2.51. The Labute approximate surface area is 293 Å². The van der Waals surface area contributed by atoms with Crippen molar-refractivity contribution in [3.63, 3.8) is 0 Å². The Bertz CT molecular complexity index is 2140. The first-order valence-electron chi connectivity index (χ1n) is 16.9. The third-order valence-electron chi connectivity index (χ3n) is 9.33. The molecular formula is C44H38N2O4. The van der Waals surface area contributed by atoms with E-state index in [1.807, 2.05) is 103 Å². The van der Waals surface area contributed by atoms with Crippen molar-refractivity contribution in [2.45, 2.75) is 19.8 Å². The fourth-order valence-electron chi connectivity index (χ4n) is 6.84. The molecule has 0 saturated carbocycles. The lowest BCUT2D eigenvalue weighted by Crippen LogP contribution is -2.22. The van der Waals surface area contributed by atoms with Crippen molar-refractivity contribution in [2.75, 3.05) is 30.0 Å². The number of anilines is 4. The monoisotopic (exact) mass is 658 g/mol. The molecular weight excluding hydrogens is 620 g/mol. The SMILES string of the molecule is CCN(CC)c1ccc2c(c1)Oc1ccc(N(c3ccccc3)c3ccc(C(=O)c4ccccc4)cc3)cc1C2c1ccccc1C(=O)OC. The number of benzene rings is 6. The molecule has 0 aliphatic carbocycles. The minimum absolute atomic E-state index is 0.0238. The Hall–Kier alpha value is -6.14. The van der Waals surface area contributed by atoms with Gasteiger partial charge in [0.2, 0.25) is 0 Å². The number of carbonyl (C=O) groups is 2. The third kappa shape index (κ3) is 6.12. The number of hydrogen-bond acceptors (Lipinski definition) is 6. The number of methoxy groups -OCH3 is 1. The van der Waals surface area contributed by atoms with Crippen LogP contribution >= 0.6 is 0 Å². The molecule has 0 saturated heterocycles. The highest BCUT2D eigenvalue weighted by atomic mass is 16.5. The number of carbonyl (C=O) groups excluding carboxylic acids is 2. The standard InChI is InChI=1S/C44H38N2O4/c1-4-45(5-2)34-24-26-38-41(29-34)50-40-27-25-35(28-39(40)42(38)36-18-12-13-19-37(36)44(48)49-3)46(32-16-10-7-11-17-32)33-22-20-31(21-23-33)43(47)30-14-8-6-9-15-30/h6-29,42H,4-5H2,1-3H3. The van der Waals surface area contributed by atoms with E-state index in [4.69, 9.17) is 9.47 Å². The Kier molecular flexibility index (Phi) is 9.17. The van der Waals surface area contributed by atoms with Crippen LogP contribution in [0.2, 0.25) is 0 Å². The first kappa shape index (κ1) is 32.4. The van der Waals surface area contributed by atoms with E-state index in [1.54, 1.807) is 0 Å². The van der Waals surface area contributed by atoms with E-state index >= 15 is 0 Å². The smallest absolute Gasteiger partial charge is 0.338 e. The molecule has 0 radical (unpaired) electrons. The van der Waals surface area contributed by atoms with Crippen molar-refractivity contribution in [1.29, 1.82) is 0 Å². The van der Waals surface area contributed by atoms with Crippen LogP contribution in [0.25, 0.3) is 0 Å². The van der Waals surface area contributed by atoms with E-state index in [9.17, 15) is 9.59 Å². The predicted octanol–water partition coefficient (Wildman–Crippen LogP) is 10.3. The quantitative estimate of drug-likeness (QED) is 0.108. The lowest BCUT2D eigenvalue weighted by atomic mass is 9.80. The van der Waals surface area contributed by atoms with E-state index in [0.29, 0.717) is 16.7 Å². The Morgan fingerprint density at radius 1 is 0.580 bits per heavy atom.